The summed E-state index contributed by atoms with van der Waals surface area (Å²) in [6.45, 7) is 4.33. The fourth-order valence-electron chi connectivity index (χ4n) is 2.82. The summed E-state index contributed by atoms with van der Waals surface area (Å²) < 4.78 is 13.8. The van der Waals surface area contributed by atoms with Gasteiger partial charge in [-0.05, 0) is 56.2 Å². The van der Waals surface area contributed by atoms with E-state index in [1.54, 1.807) is 12.1 Å². The second kappa shape index (κ2) is 5.92. The van der Waals surface area contributed by atoms with Gasteiger partial charge in [-0.25, -0.2) is 4.39 Å². The van der Waals surface area contributed by atoms with Crippen molar-refractivity contribution in [3.05, 3.63) is 29.6 Å². The highest BCUT2D eigenvalue weighted by atomic mass is 19.1. The molecule has 0 spiro atoms. The predicted molar refractivity (Wildman–Crippen MR) is 78.9 cm³/mol. The zero-order valence-corrected chi connectivity index (χ0v) is 12.2. The number of nitrogens with one attached hydrogen (secondary N) is 1. The Morgan fingerprint density at radius 3 is 2.65 bits per heavy atom. The number of hydrogen-bond acceptors (Lipinski definition) is 2. The van der Waals surface area contributed by atoms with Gasteiger partial charge in [-0.15, -0.1) is 0 Å². The maximum atomic E-state index is 13.8. The van der Waals surface area contributed by atoms with Crippen LogP contribution in [0.1, 0.15) is 38.2 Å². The number of amides is 1. The van der Waals surface area contributed by atoms with Crippen LogP contribution in [0.2, 0.25) is 0 Å². The average molecular weight is 278 g/mol. The van der Waals surface area contributed by atoms with E-state index in [1.807, 2.05) is 6.92 Å². The van der Waals surface area contributed by atoms with Crippen molar-refractivity contribution in [1.29, 1.82) is 0 Å². The Morgan fingerprint density at radius 1 is 1.45 bits per heavy atom. The SMILES string of the molecule is Cc1ccc(NC(=O)C2(CN)CCC(C)CC2)c(F)c1. The molecule has 0 saturated heterocycles. The number of carbonyl (C=O) groups is 1. The maximum Gasteiger partial charge on any atom is 0.231 e. The highest BCUT2D eigenvalue weighted by Crippen LogP contribution is 2.39. The molecule has 0 unspecified atom stereocenters. The van der Waals surface area contributed by atoms with Crippen molar-refractivity contribution in [2.24, 2.45) is 17.1 Å². The molecule has 1 aromatic rings. The van der Waals surface area contributed by atoms with Crippen LogP contribution in [0.4, 0.5) is 10.1 Å². The first-order valence-corrected chi connectivity index (χ1v) is 7.24. The first-order chi connectivity index (χ1) is 9.47. The molecule has 1 aliphatic carbocycles. The predicted octanol–water partition coefficient (Wildman–Crippen LogP) is 3.23. The molecule has 0 bridgehead atoms. The molecule has 110 valence electrons. The first kappa shape index (κ1) is 15.0. The van der Waals surface area contributed by atoms with E-state index in [0.29, 0.717) is 12.5 Å². The van der Waals surface area contributed by atoms with Gasteiger partial charge in [0.15, 0.2) is 0 Å². The molecule has 2 rings (SSSR count). The summed E-state index contributed by atoms with van der Waals surface area (Å²) in [7, 11) is 0. The molecule has 1 fully saturated rings. The molecular weight excluding hydrogens is 255 g/mol. The van der Waals surface area contributed by atoms with Crippen molar-refractivity contribution in [3.63, 3.8) is 0 Å². The zero-order valence-electron chi connectivity index (χ0n) is 12.2. The summed E-state index contributed by atoms with van der Waals surface area (Å²) in [4.78, 5) is 12.5. The molecule has 4 heteroatoms. The summed E-state index contributed by atoms with van der Waals surface area (Å²) in [5, 5.41) is 2.72. The van der Waals surface area contributed by atoms with Crippen LogP contribution in [0, 0.1) is 24.1 Å². The van der Waals surface area contributed by atoms with E-state index >= 15 is 0 Å². The lowest BCUT2D eigenvalue weighted by atomic mass is 9.70. The molecule has 3 N–H and O–H groups in total. The van der Waals surface area contributed by atoms with E-state index < -0.39 is 11.2 Å². The molecule has 0 heterocycles. The van der Waals surface area contributed by atoms with E-state index in [9.17, 15) is 9.18 Å². The number of carbonyl (C=O) groups excluding carboxylic acids is 1. The molecule has 1 amide bonds. The molecule has 0 atom stereocenters. The van der Waals surface area contributed by atoms with Gasteiger partial charge in [0.05, 0.1) is 11.1 Å². The largest absolute Gasteiger partial charge is 0.329 e. The third kappa shape index (κ3) is 3.01. The maximum absolute atomic E-state index is 13.8. The lowest BCUT2D eigenvalue weighted by Gasteiger charge is -2.37. The first-order valence-electron chi connectivity index (χ1n) is 7.24. The van der Waals surface area contributed by atoms with Gasteiger partial charge in [0.1, 0.15) is 5.82 Å². The molecule has 3 nitrogen and oxygen atoms in total. The number of hydrogen-bond donors (Lipinski definition) is 2. The van der Waals surface area contributed by atoms with Crippen molar-refractivity contribution in [1.82, 2.24) is 0 Å². The Hall–Kier alpha value is -1.42. The summed E-state index contributed by atoms with van der Waals surface area (Å²) >= 11 is 0. The molecule has 0 aromatic heterocycles. The number of aryl methyl sites for hydroxylation is 1. The van der Waals surface area contributed by atoms with Crippen LogP contribution < -0.4 is 11.1 Å². The summed E-state index contributed by atoms with van der Waals surface area (Å²) in [6, 6.07) is 4.82. The lowest BCUT2D eigenvalue weighted by molar-refractivity contribution is -0.127. The quantitative estimate of drug-likeness (QED) is 0.892. The summed E-state index contributed by atoms with van der Waals surface area (Å²) in [6.07, 6.45) is 3.57. The number of anilines is 1. The van der Waals surface area contributed by atoms with Gasteiger partial charge >= 0.3 is 0 Å². The third-order valence-corrected chi connectivity index (χ3v) is 4.48. The van der Waals surface area contributed by atoms with Crippen LogP contribution in [0.5, 0.6) is 0 Å². The van der Waals surface area contributed by atoms with Gasteiger partial charge < -0.3 is 11.1 Å². The summed E-state index contributed by atoms with van der Waals surface area (Å²) in [5.41, 5.74) is 6.38. The van der Waals surface area contributed by atoms with Crippen molar-refractivity contribution in [3.8, 4) is 0 Å². The highest BCUT2D eigenvalue weighted by Gasteiger charge is 2.40. The van der Waals surface area contributed by atoms with E-state index in [1.165, 1.54) is 6.07 Å². The van der Waals surface area contributed by atoms with Gasteiger partial charge in [-0.2, -0.15) is 0 Å². The molecule has 1 saturated carbocycles. The standard InChI is InChI=1S/C16H23FN2O/c1-11-5-7-16(10-18,8-6-11)15(20)19-14-4-3-12(2)9-13(14)17/h3-4,9,11H,5-8,10,18H2,1-2H3,(H,19,20). The number of nitrogens with two attached hydrogens (primary N) is 1. The molecular formula is C16H23FN2O. The Kier molecular flexibility index (Phi) is 4.43. The molecule has 20 heavy (non-hydrogen) atoms. The Balaban J connectivity index is 2.13. The minimum atomic E-state index is -0.538. The Labute approximate surface area is 119 Å². The van der Waals surface area contributed by atoms with Gasteiger partial charge in [-0.3, -0.25) is 4.79 Å². The van der Waals surface area contributed by atoms with Crippen molar-refractivity contribution in [2.45, 2.75) is 39.5 Å². The van der Waals surface area contributed by atoms with Crippen molar-refractivity contribution >= 4 is 11.6 Å². The second-order valence-corrected chi connectivity index (χ2v) is 6.10. The van der Waals surface area contributed by atoms with Crippen LogP contribution in [0.3, 0.4) is 0 Å². The monoisotopic (exact) mass is 278 g/mol. The van der Waals surface area contributed by atoms with Crippen molar-refractivity contribution < 1.29 is 9.18 Å². The van der Waals surface area contributed by atoms with Crippen LogP contribution in [-0.4, -0.2) is 12.5 Å². The number of rotatable bonds is 3. The fraction of sp³-hybridized carbons (Fsp3) is 0.562. The Bertz CT molecular complexity index is 493. The smallest absolute Gasteiger partial charge is 0.231 e. The van der Waals surface area contributed by atoms with Crippen molar-refractivity contribution in [2.75, 3.05) is 11.9 Å². The second-order valence-electron chi connectivity index (χ2n) is 6.10. The molecule has 0 radical (unpaired) electrons. The van der Waals surface area contributed by atoms with Crippen LogP contribution in [0.15, 0.2) is 18.2 Å². The summed E-state index contributed by atoms with van der Waals surface area (Å²) in [5.74, 6) is 0.0999. The number of benzene rings is 1. The normalized spacial score (nSPS) is 26.3. The van der Waals surface area contributed by atoms with Gasteiger partial charge in [0, 0.05) is 6.54 Å². The van der Waals surface area contributed by atoms with Crippen LogP contribution in [-0.2, 0) is 4.79 Å². The van der Waals surface area contributed by atoms with Crippen LogP contribution in [0.25, 0.3) is 0 Å². The van der Waals surface area contributed by atoms with E-state index in [0.717, 1.165) is 31.2 Å². The van der Waals surface area contributed by atoms with Gasteiger partial charge in [0.25, 0.3) is 0 Å². The van der Waals surface area contributed by atoms with Gasteiger partial charge in [-0.1, -0.05) is 13.0 Å². The zero-order chi connectivity index (χ0) is 14.8. The van der Waals surface area contributed by atoms with Gasteiger partial charge in [0.2, 0.25) is 5.91 Å². The molecule has 1 aliphatic rings. The van der Waals surface area contributed by atoms with E-state index in [-0.39, 0.29) is 11.6 Å². The highest BCUT2D eigenvalue weighted by molar-refractivity contribution is 5.95. The Morgan fingerprint density at radius 2 is 2.10 bits per heavy atom. The van der Waals surface area contributed by atoms with Crippen LogP contribution >= 0.6 is 0 Å². The van der Waals surface area contributed by atoms with E-state index in [4.69, 9.17) is 5.73 Å². The minimum Gasteiger partial charge on any atom is -0.329 e. The number of halogens is 1. The molecule has 1 aromatic carbocycles. The molecule has 0 aliphatic heterocycles. The topological polar surface area (TPSA) is 55.1 Å². The third-order valence-electron chi connectivity index (χ3n) is 4.48. The minimum absolute atomic E-state index is 0.144. The lowest BCUT2D eigenvalue weighted by Crippen LogP contribution is -2.45. The fourth-order valence-corrected chi connectivity index (χ4v) is 2.82. The average Bonchev–Trinajstić information content (AvgIpc) is 2.43. The van der Waals surface area contributed by atoms with E-state index in [2.05, 4.69) is 12.2 Å².